The Morgan fingerprint density at radius 2 is 2.00 bits per heavy atom. The Balaban J connectivity index is 1.44. The summed E-state index contributed by atoms with van der Waals surface area (Å²) < 4.78 is 1.72. The summed E-state index contributed by atoms with van der Waals surface area (Å²) >= 11 is 0. The van der Waals surface area contributed by atoms with Gasteiger partial charge in [0.25, 0.3) is 0 Å². The van der Waals surface area contributed by atoms with Crippen molar-refractivity contribution in [3.05, 3.63) is 36.5 Å². The van der Waals surface area contributed by atoms with Crippen LogP contribution < -0.4 is 10.6 Å². The zero-order valence-electron chi connectivity index (χ0n) is 15.3. The Bertz CT molecular complexity index is 930. The van der Waals surface area contributed by atoms with Gasteiger partial charge in [-0.3, -0.25) is 4.79 Å². The van der Waals surface area contributed by atoms with E-state index in [0.29, 0.717) is 18.3 Å². The third-order valence-electron chi connectivity index (χ3n) is 4.99. The van der Waals surface area contributed by atoms with Gasteiger partial charge in [0.1, 0.15) is 5.52 Å². The van der Waals surface area contributed by atoms with Gasteiger partial charge >= 0.3 is 0 Å². The molecule has 0 radical (unpaired) electrons. The fourth-order valence-electron chi connectivity index (χ4n) is 3.58. The number of para-hydroxylation sites is 1. The Morgan fingerprint density at radius 1 is 1.19 bits per heavy atom. The van der Waals surface area contributed by atoms with Gasteiger partial charge in [0, 0.05) is 30.8 Å². The summed E-state index contributed by atoms with van der Waals surface area (Å²) in [7, 11) is 0. The average molecular weight is 365 g/mol. The lowest BCUT2D eigenvalue weighted by Gasteiger charge is -2.28. The van der Waals surface area contributed by atoms with Crippen LogP contribution in [0.3, 0.4) is 0 Å². The van der Waals surface area contributed by atoms with Crippen LogP contribution in [0.25, 0.3) is 16.9 Å². The van der Waals surface area contributed by atoms with Crippen LogP contribution in [0, 0.1) is 5.92 Å². The maximum atomic E-state index is 12.0. The Labute approximate surface area is 157 Å². The van der Waals surface area contributed by atoms with Crippen molar-refractivity contribution in [2.75, 3.05) is 11.9 Å². The van der Waals surface area contributed by atoms with Gasteiger partial charge in [-0.2, -0.15) is 9.67 Å². The van der Waals surface area contributed by atoms with E-state index in [1.54, 1.807) is 10.9 Å². The molecule has 0 unspecified atom stereocenters. The second kappa shape index (κ2) is 7.69. The third-order valence-corrected chi connectivity index (χ3v) is 4.99. The van der Waals surface area contributed by atoms with Gasteiger partial charge in [-0.05, 0) is 44.7 Å². The second-order valence-corrected chi connectivity index (χ2v) is 6.82. The molecule has 27 heavy (non-hydrogen) atoms. The zero-order valence-corrected chi connectivity index (χ0v) is 15.3. The van der Waals surface area contributed by atoms with Gasteiger partial charge in [-0.1, -0.05) is 17.3 Å². The molecule has 1 fully saturated rings. The van der Waals surface area contributed by atoms with Crippen LogP contribution in [-0.4, -0.2) is 43.5 Å². The highest BCUT2D eigenvalue weighted by molar-refractivity contribution is 5.78. The molecule has 2 aromatic heterocycles. The second-order valence-electron chi connectivity index (χ2n) is 6.82. The number of hydrogen-bond acceptors (Lipinski definition) is 6. The number of carbonyl (C=O) groups is 1. The van der Waals surface area contributed by atoms with E-state index in [1.807, 2.05) is 37.3 Å². The Morgan fingerprint density at radius 3 is 2.81 bits per heavy atom. The molecule has 0 aliphatic heterocycles. The quantitative estimate of drug-likeness (QED) is 0.720. The number of carbonyl (C=O) groups excluding carboxylic acids is 1. The molecule has 4 rings (SSSR count). The molecule has 1 saturated carbocycles. The molecular formula is C19H23N7O. The molecule has 0 atom stereocenters. The molecule has 0 bridgehead atoms. The lowest BCUT2D eigenvalue weighted by atomic mass is 9.85. The Hall–Kier alpha value is -3.03. The van der Waals surface area contributed by atoms with E-state index in [9.17, 15) is 4.79 Å². The smallest absolute Gasteiger partial charge is 0.224 e. The van der Waals surface area contributed by atoms with E-state index in [-0.39, 0.29) is 17.9 Å². The highest BCUT2D eigenvalue weighted by Crippen LogP contribution is 2.26. The van der Waals surface area contributed by atoms with Crippen molar-refractivity contribution in [3.8, 4) is 5.82 Å². The number of benzene rings is 1. The average Bonchev–Trinajstić information content (AvgIpc) is 3.13. The molecule has 2 heterocycles. The first-order valence-corrected chi connectivity index (χ1v) is 9.42. The zero-order chi connectivity index (χ0) is 18.6. The van der Waals surface area contributed by atoms with Crippen molar-refractivity contribution in [2.24, 2.45) is 5.92 Å². The minimum atomic E-state index is 0.122. The maximum absolute atomic E-state index is 12.0. The number of amides is 1. The number of aromatic nitrogens is 5. The molecule has 140 valence electrons. The van der Waals surface area contributed by atoms with E-state index in [4.69, 9.17) is 0 Å². The van der Waals surface area contributed by atoms with Crippen molar-refractivity contribution in [1.82, 2.24) is 30.3 Å². The molecule has 3 aromatic rings. The van der Waals surface area contributed by atoms with Gasteiger partial charge < -0.3 is 10.6 Å². The summed E-state index contributed by atoms with van der Waals surface area (Å²) in [6, 6.07) is 9.87. The number of anilines is 1. The van der Waals surface area contributed by atoms with Crippen molar-refractivity contribution < 1.29 is 4.79 Å². The normalized spacial score (nSPS) is 19.7. The molecule has 1 amide bonds. The Kier molecular flexibility index (Phi) is 4.95. The van der Waals surface area contributed by atoms with Crippen LogP contribution in [0.1, 0.15) is 32.6 Å². The number of nitrogens with zero attached hydrogens (tertiary/aromatic N) is 5. The van der Waals surface area contributed by atoms with Gasteiger partial charge in [0.2, 0.25) is 11.9 Å². The number of rotatable bonds is 5. The minimum absolute atomic E-state index is 0.122. The molecule has 1 aliphatic carbocycles. The van der Waals surface area contributed by atoms with Crippen LogP contribution in [-0.2, 0) is 4.79 Å². The summed E-state index contributed by atoms with van der Waals surface area (Å²) in [6.07, 6.45) is 5.36. The van der Waals surface area contributed by atoms with E-state index < -0.39 is 0 Å². The van der Waals surface area contributed by atoms with Crippen LogP contribution in [0.4, 0.5) is 5.95 Å². The number of nitrogens with one attached hydrogen (secondary N) is 2. The number of hydrogen-bond donors (Lipinski definition) is 2. The first-order valence-electron chi connectivity index (χ1n) is 9.42. The lowest BCUT2D eigenvalue weighted by molar-refractivity contribution is -0.125. The highest BCUT2D eigenvalue weighted by atomic mass is 16.1. The fraction of sp³-hybridized carbons (Fsp3) is 0.421. The van der Waals surface area contributed by atoms with Gasteiger partial charge in [0.05, 0.1) is 5.52 Å². The summed E-state index contributed by atoms with van der Waals surface area (Å²) in [4.78, 5) is 20.9. The largest absolute Gasteiger partial charge is 0.356 e. The molecule has 8 heteroatoms. The number of fused-ring (bicyclic) bond motifs is 1. The van der Waals surface area contributed by atoms with Crippen molar-refractivity contribution >= 4 is 22.9 Å². The molecule has 8 nitrogen and oxygen atoms in total. The molecule has 0 saturated heterocycles. The van der Waals surface area contributed by atoms with Crippen LogP contribution in [0.15, 0.2) is 36.5 Å². The fourth-order valence-corrected chi connectivity index (χ4v) is 3.58. The van der Waals surface area contributed by atoms with E-state index in [1.165, 1.54) is 0 Å². The third kappa shape index (κ3) is 3.74. The minimum Gasteiger partial charge on any atom is -0.356 e. The lowest BCUT2D eigenvalue weighted by Crippen LogP contribution is -2.36. The standard InChI is InChI=1S/C19H23N7O/c1-2-20-18(27)13-7-9-14(10-8-13)22-19-21-12-11-17(23-19)26-16-6-4-3-5-15(16)24-25-26/h3-6,11-14H,2,7-10H2,1H3,(H,20,27)(H,21,22,23)/t13-,14-. The van der Waals surface area contributed by atoms with Crippen LogP contribution in [0.2, 0.25) is 0 Å². The molecule has 1 aromatic carbocycles. The SMILES string of the molecule is CCNC(=O)[C@H]1CC[C@H](Nc2nccc(-n3nnc4ccccc43)n2)CC1. The van der Waals surface area contributed by atoms with E-state index in [2.05, 4.69) is 30.9 Å². The van der Waals surface area contributed by atoms with Gasteiger partial charge in [-0.15, -0.1) is 5.10 Å². The first-order chi connectivity index (χ1) is 13.2. The van der Waals surface area contributed by atoms with Crippen molar-refractivity contribution in [2.45, 2.75) is 38.6 Å². The summed E-state index contributed by atoms with van der Waals surface area (Å²) in [6.45, 7) is 2.64. The predicted octanol–water partition coefficient (Wildman–Crippen LogP) is 2.32. The van der Waals surface area contributed by atoms with Gasteiger partial charge in [0.15, 0.2) is 5.82 Å². The van der Waals surface area contributed by atoms with Crippen molar-refractivity contribution in [3.63, 3.8) is 0 Å². The van der Waals surface area contributed by atoms with Crippen LogP contribution >= 0.6 is 0 Å². The topological polar surface area (TPSA) is 97.6 Å². The van der Waals surface area contributed by atoms with Gasteiger partial charge in [-0.25, -0.2) is 4.98 Å². The van der Waals surface area contributed by atoms with Crippen molar-refractivity contribution in [1.29, 1.82) is 0 Å². The molecule has 1 aliphatic rings. The van der Waals surface area contributed by atoms with E-state index in [0.717, 1.165) is 36.7 Å². The first kappa shape index (κ1) is 17.4. The summed E-state index contributed by atoms with van der Waals surface area (Å²) in [5.74, 6) is 1.55. The summed E-state index contributed by atoms with van der Waals surface area (Å²) in [5, 5.41) is 14.7. The molecule has 2 N–H and O–H groups in total. The molecular weight excluding hydrogens is 342 g/mol. The van der Waals surface area contributed by atoms with Crippen LogP contribution in [0.5, 0.6) is 0 Å². The maximum Gasteiger partial charge on any atom is 0.224 e. The molecule has 0 spiro atoms. The predicted molar refractivity (Wildman–Crippen MR) is 103 cm³/mol. The highest BCUT2D eigenvalue weighted by Gasteiger charge is 2.26. The monoisotopic (exact) mass is 365 g/mol. The summed E-state index contributed by atoms with van der Waals surface area (Å²) in [5.41, 5.74) is 1.74. The van der Waals surface area contributed by atoms with E-state index >= 15 is 0 Å².